The van der Waals surface area contributed by atoms with Crippen LogP contribution in [0.3, 0.4) is 0 Å². The van der Waals surface area contributed by atoms with Crippen molar-refractivity contribution in [3.8, 4) is 0 Å². The van der Waals surface area contributed by atoms with Crippen molar-refractivity contribution in [1.82, 2.24) is 9.88 Å². The molecule has 0 saturated carbocycles. The molecule has 0 spiro atoms. The summed E-state index contributed by atoms with van der Waals surface area (Å²) in [5.41, 5.74) is 1.33. The fourth-order valence-electron chi connectivity index (χ4n) is 2.63. The van der Waals surface area contributed by atoms with Gasteiger partial charge in [-0.3, -0.25) is 4.79 Å². The van der Waals surface area contributed by atoms with E-state index in [9.17, 15) is 4.79 Å². The molecule has 0 radical (unpaired) electrons. The monoisotopic (exact) mass is 282 g/mol. The highest BCUT2D eigenvalue weighted by Crippen LogP contribution is 2.22. The molecule has 104 valence electrons. The zero-order valence-electron chi connectivity index (χ0n) is 11.1. The summed E-state index contributed by atoms with van der Waals surface area (Å²) >= 11 is 5.91. The minimum atomic E-state index is -0.00875. The second-order valence-corrected chi connectivity index (χ2v) is 5.37. The number of rotatable bonds is 3. The number of aliphatic hydroxyl groups excluding tert-OH is 1. The van der Waals surface area contributed by atoms with Crippen LogP contribution in [0.15, 0.2) is 12.1 Å². The summed E-state index contributed by atoms with van der Waals surface area (Å²) in [5, 5.41) is 9.45. The first-order valence-electron chi connectivity index (χ1n) is 6.68. The van der Waals surface area contributed by atoms with E-state index >= 15 is 0 Å². The molecule has 4 nitrogen and oxygen atoms in total. The van der Waals surface area contributed by atoms with Crippen LogP contribution >= 0.6 is 11.6 Å². The van der Waals surface area contributed by atoms with E-state index in [1.54, 1.807) is 12.1 Å². The number of pyridine rings is 1. The molecule has 5 heteroatoms. The normalized spacial score (nSPS) is 19.5. The Kier molecular flexibility index (Phi) is 4.77. The van der Waals surface area contributed by atoms with E-state index in [1.807, 2.05) is 11.8 Å². The van der Waals surface area contributed by atoms with Crippen LogP contribution in [0.2, 0.25) is 5.15 Å². The lowest BCUT2D eigenvalue weighted by Crippen LogP contribution is -2.44. The van der Waals surface area contributed by atoms with Gasteiger partial charge in [0, 0.05) is 30.5 Å². The van der Waals surface area contributed by atoms with Crippen molar-refractivity contribution in [2.75, 3.05) is 13.2 Å². The predicted octanol–water partition coefficient (Wildman–Crippen LogP) is 2.42. The largest absolute Gasteiger partial charge is 0.396 e. The molecule has 1 atom stereocenters. The van der Waals surface area contributed by atoms with Crippen LogP contribution in [0.25, 0.3) is 0 Å². The highest BCUT2D eigenvalue weighted by Gasteiger charge is 2.27. The number of amides is 1. The summed E-state index contributed by atoms with van der Waals surface area (Å²) in [6.07, 6.45) is 3.74. The molecule has 0 bridgehead atoms. The number of hydrogen-bond acceptors (Lipinski definition) is 3. The van der Waals surface area contributed by atoms with Crippen molar-refractivity contribution in [2.24, 2.45) is 0 Å². The lowest BCUT2D eigenvalue weighted by molar-refractivity contribution is 0.0574. The maximum Gasteiger partial charge on any atom is 0.254 e. The Hall–Kier alpha value is -1.13. The number of likely N-dealkylation sites (tertiary alicyclic amines) is 1. The van der Waals surface area contributed by atoms with Crippen LogP contribution in [0.5, 0.6) is 0 Å². The second kappa shape index (κ2) is 6.35. The van der Waals surface area contributed by atoms with Gasteiger partial charge >= 0.3 is 0 Å². The Labute approximate surface area is 118 Å². The van der Waals surface area contributed by atoms with Crippen molar-refractivity contribution < 1.29 is 9.90 Å². The quantitative estimate of drug-likeness (QED) is 0.866. The molecule has 1 unspecified atom stereocenters. The highest BCUT2D eigenvalue weighted by atomic mass is 35.5. The molecule has 1 amide bonds. The molecular weight excluding hydrogens is 264 g/mol. The maximum absolute atomic E-state index is 12.5. The first-order chi connectivity index (χ1) is 9.11. The summed E-state index contributed by atoms with van der Waals surface area (Å²) in [4.78, 5) is 18.5. The highest BCUT2D eigenvalue weighted by molar-refractivity contribution is 6.29. The zero-order valence-corrected chi connectivity index (χ0v) is 11.9. The van der Waals surface area contributed by atoms with Gasteiger partial charge in [-0.1, -0.05) is 11.6 Å². The molecule has 0 aliphatic carbocycles. The number of halogens is 1. The topological polar surface area (TPSA) is 53.4 Å². The summed E-state index contributed by atoms with van der Waals surface area (Å²) < 4.78 is 0. The van der Waals surface area contributed by atoms with Crippen molar-refractivity contribution in [1.29, 1.82) is 0 Å². The molecule has 19 heavy (non-hydrogen) atoms. The Morgan fingerprint density at radius 1 is 1.53 bits per heavy atom. The number of nitrogens with zero attached hydrogens (tertiary/aromatic N) is 2. The van der Waals surface area contributed by atoms with E-state index in [1.165, 1.54) is 0 Å². The summed E-state index contributed by atoms with van der Waals surface area (Å²) in [6.45, 7) is 2.69. The first kappa shape index (κ1) is 14.3. The van der Waals surface area contributed by atoms with Gasteiger partial charge in [0.25, 0.3) is 5.91 Å². The standard InChI is InChI=1S/C14H19ClN2O2/c1-10-8-11(9-13(15)16-10)14(19)17-6-3-2-4-12(17)5-7-18/h8-9,12,18H,2-7H2,1H3. The van der Waals surface area contributed by atoms with Crippen molar-refractivity contribution >= 4 is 17.5 Å². The van der Waals surface area contributed by atoms with Crippen LogP contribution in [-0.4, -0.2) is 40.1 Å². The van der Waals surface area contributed by atoms with E-state index in [0.717, 1.165) is 31.5 Å². The minimum Gasteiger partial charge on any atom is -0.396 e. The number of piperidine rings is 1. The molecule has 1 aliphatic rings. The van der Waals surface area contributed by atoms with E-state index in [0.29, 0.717) is 17.1 Å². The van der Waals surface area contributed by atoms with Gasteiger partial charge in [0.05, 0.1) is 0 Å². The fourth-order valence-corrected chi connectivity index (χ4v) is 2.89. The molecule has 1 aliphatic heterocycles. The van der Waals surface area contributed by atoms with Gasteiger partial charge < -0.3 is 10.0 Å². The summed E-state index contributed by atoms with van der Waals surface area (Å²) in [6, 6.07) is 3.51. The number of carbonyl (C=O) groups is 1. The van der Waals surface area contributed by atoms with Crippen LogP contribution in [-0.2, 0) is 0 Å². The molecule has 1 saturated heterocycles. The van der Waals surface area contributed by atoms with Gasteiger partial charge in [-0.05, 0) is 44.7 Å². The van der Waals surface area contributed by atoms with E-state index in [-0.39, 0.29) is 18.6 Å². The molecule has 1 N–H and O–H groups in total. The van der Waals surface area contributed by atoms with Crippen molar-refractivity contribution in [3.63, 3.8) is 0 Å². The summed E-state index contributed by atoms with van der Waals surface area (Å²) in [7, 11) is 0. The van der Waals surface area contributed by atoms with Crippen molar-refractivity contribution in [2.45, 2.75) is 38.6 Å². The van der Waals surface area contributed by atoms with Gasteiger partial charge in [-0.2, -0.15) is 0 Å². The number of carbonyl (C=O) groups excluding carboxylic acids is 1. The third-order valence-corrected chi connectivity index (χ3v) is 3.71. The zero-order chi connectivity index (χ0) is 13.8. The van der Waals surface area contributed by atoms with E-state index < -0.39 is 0 Å². The molecule has 1 aromatic heterocycles. The third-order valence-electron chi connectivity index (χ3n) is 3.52. The van der Waals surface area contributed by atoms with Gasteiger partial charge in [0.15, 0.2) is 0 Å². The molecule has 1 aromatic rings. The maximum atomic E-state index is 12.5. The predicted molar refractivity (Wildman–Crippen MR) is 74.4 cm³/mol. The molecule has 2 rings (SSSR count). The van der Waals surface area contributed by atoms with Crippen molar-refractivity contribution in [3.05, 3.63) is 28.5 Å². The lowest BCUT2D eigenvalue weighted by atomic mass is 9.98. The summed E-state index contributed by atoms with van der Waals surface area (Å²) in [5.74, 6) is -0.00875. The van der Waals surface area contributed by atoms with E-state index in [4.69, 9.17) is 16.7 Å². The lowest BCUT2D eigenvalue weighted by Gasteiger charge is -2.35. The molecular formula is C14H19ClN2O2. The van der Waals surface area contributed by atoms with Gasteiger partial charge in [0.1, 0.15) is 5.15 Å². The van der Waals surface area contributed by atoms with Crippen LogP contribution < -0.4 is 0 Å². The number of aromatic nitrogens is 1. The SMILES string of the molecule is Cc1cc(C(=O)N2CCCCC2CCO)cc(Cl)n1. The second-order valence-electron chi connectivity index (χ2n) is 4.98. The Morgan fingerprint density at radius 2 is 2.32 bits per heavy atom. The molecule has 1 fully saturated rings. The number of aryl methyl sites for hydroxylation is 1. The van der Waals surface area contributed by atoms with Gasteiger partial charge in [-0.25, -0.2) is 4.98 Å². The number of aliphatic hydroxyl groups is 1. The number of hydrogen-bond donors (Lipinski definition) is 1. The van der Waals surface area contributed by atoms with Gasteiger partial charge in [0.2, 0.25) is 0 Å². The van der Waals surface area contributed by atoms with Crippen LogP contribution in [0.1, 0.15) is 41.7 Å². The molecule has 0 aromatic carbocycles. The van der Waals surface area contributed by atoms with E-state index in [2.05, 4.69) is 4.98 Å². The van der Waals surface area contributed by atoms with Crippen LogP contribution in [0.4, 0.5) is 0 Å². The minimum absolute atomic E-state index is 0.00875. The van der Waals surface area contributed by atoms with Gasteiger partial charge in [-0.15, -0.1) is 0 Å². The average molecular weight is 283 g/mol. The Balaban J connectivity index is 2.20. The Morgan fingerprint density at radius 3 is 3.00 bits per heavy atom. The smallest absolute Gasteiger partial charge is 0.254 e. The first-order valence-corrected chi connectivity index (χ1v) is 7.05. The van der Waals surface area contributed by atoms with Crippen LogP contribution in [0, 0.1) is 6.92 Å². The molecule has 2 heterocycles. The third kappa shape index (κ3) is 3.45. The fraction of sp³-hybridized carbons (Fsp3) is 0.571. The average Bonchev–Trinajstić information content (AvgIpc) is 2.38. The Bertz CT molecular complexity index is 443.